The normalized spacial score (nSPS) is 21.5. The van der Waals surface area contributed by atoms with Gasteiger partial charge < -0.3 is 19.1 Å². The zero-order chi connectivity index (χ0) is 25.5. The van der Waals surface area contributed by atoms with Gasteiger partial charge in [0.15, 0.2) is 11.5 Å². The van der Waals surface area contributed by atoms with Crippen LogP contribution in [0.15, 0.2) is 47.4 Å². The van der Waals surface area contributed by atoms with Gasteiger partial charge in [-0.25, -0.2) is 8.42 Å². The fraction of sp³-hybridized carbons (Fsp3) is 0.500. The molecule has 10 heteroatoms. The van der Waals surface area contributed by atoms with Gasteiger partial charge in [0.25, 0.3) is 0 Å². The standard InChI is InChI=1S/C26H33N3O6S/c1-18(2)14-22-25(30)29(16-19-4-9-23-24(15-19)35-17-34-23)26(27-22)10-12-28(13-11-26)36(31,32)21-7-5-20(33-3)6-8-21/h4-9,15,18,22,27H,10-14,16-17H2,1-3H3/t22-/m1/s1. The number of nitrogens with one attached hydrogen (secondary N) is 1. The highest BCUT2D eigenvalue weighted by atomic mass is 32.2. The van der Waals surface area contributed by atoms with Crippen LogP contribution in [0.25, 0.3) is 0 Å². The lowest BCUT2D eigenvalue weighted by Crippen LogP contribution is -2.59. The molecule has 0 unspecified atom stereocenters. The molecule has 0 aromatic heterocycles. The maximum atomic E-state index is 13.6. The van der Waals surface area contributed by atoms with Gasteiger partial charge in [-0.2, -0.15) is 4.31 Å². The number of sulfonamides is 1. The molecule has 0 aliphatic carbocycles. The number of ether oxygens (including phenoxy) is 3. The number of carbonyl (C=O) groups is 1. The highest BCUT2D eigenvalue weighted by Crippen LogP contribution is 2.38. The summed E-state index contributed by atoms with van der Waals surface area (Å²) >= 11 is 0. The van der Waals surface area contributed by atoms with E-state index in [1.807, 2.05) is 23.1 Å². The van der Waals surface area contributed by atoms with Crippen LogP contribution in [0.5, 0.6) is 17.2 Å². The number of piperidine rings is 1. The van der Waals surface area contributed by atoms with E-state index in [0.717, 1.165) is 12.0 Å². The van der Waals surface area contributed by atoms with Crippen molar-refractivity contribution in [2.75, 3.05) is 27.0 Å². The molecular weight excluding hydrogens is 482 g/mol. The van der Waals surface area contributed by atoms with Gasteiger partial charge in [0, 0.05) is 19.6 Å². The van der Waals surface area contributed by atoms with Crippen LogP contribution in [0.1, 0.15) is 38.7 Å². The van der Waals surface area contributed by atoms with E-state index in [-0.39, 0.29) is 23.6 Å². The van der Waals surface area contributed by atoms with Crippen molar-refractivity contribution in [1.29, 1.82) is 0 Å². The summed E-state index contributed by atoms with van der Waals surface area (Å²) in [7, 11) is -2.10. The molecule has 2 aromatic carbocycles. The predicted octanol–water partition coefficient (Wildman–Crippen LogP) is 2.95. The number of hydrogen-bond acceptors (Lipinski definition) is 7. The van der Waals surface area contributed by atoms with Crippen LogP contribution < -0.4 is 19.5 Å². The Labute approximate surface area is 212 Å². The van der Waals surface area contributed by atoms with Gasteiger partial charge in [-0.1, -0.05) is 19.9 Å². The van der Waals surface area contributed by atoms with Crippen molar-refractivity contribution in [3.8, 4) is 17.2 Å². The number of methoxy groups -OCH3 is 1. The largest absolute Gasteiger partial charge is 0.497 e. The zero-order valence-electron chi connectivity index (χ0n) is 20.9. The number of carbonyl (C=O) groups excluding carboxylic acids is 1. The van der Waals surface area contributed by atoms with E-state index in [1.54, 1.807) is 31.4 Å². The molecular formula is C26H33N3O6S. The summed E-state index contributed by atoms with van der Waals surface area (Å²) in [6.45, 7) is 5.46. The Morgan fingerprint density at radius 1 is 1.08 bits per heavy atom. The first-order chi connectivity index (χ1) is 17.2. The monoisotopic (exact) mass is 515 g/mol. The number of rotatable bonds is 7. The number of benzene rings is 2. The molecule has 9 nitrogen and oxygen atoms in total. The van der Waals surface area contributed by atoms with E-state index in [2.05, 4.69) is 19.2 Å². The molecule has 2 fully saturated rings. The van der Waals surface area contributed by atoms with Gasteiger partial charge in [0.1, 0.15) is 5.75 Å². The molecule has 0 bridgehead atoms. The Bertz CT molecular complexity index is 1220. The fourth-order valence-corrected chi connectivity index (χ4v) is 6.79. The molecule has 1 spiro atoms. The molecule has 3 heterocycles. The lowest BCUT2D eigenvalue weighted by Gasteiger charge is -2.44. The van der Waals surface area contributed by atoms with Crippen molar-refractivity contribution in [3.63, 3.8) is 0 Å². The molecule has 36 heavy (non-hydrogen) atoms. The molecule has 1 atom stereocenters. The Morgan fingerprint density at radius 3 is 2.44 bits per heavy atom. The molecule has 1 amide bonds. The highest BCUT2D eigenvalue weighted by Gasteiger charge is 2.52. The van der Waals surface area contributed by atoms with Crippen molar-refractivity contribution in [3.05, 3.63) is 48.0 Å². The molecule has 3 aliphatic heterocycles. The van der Waals surface area contributed by atoms with Gasteiger partial charge in [0.2, 0.25) is 22.7 Å². The van der Waals surface area contributed by atoms with Crippen LogP contribution in [-0.2, 0) is 21.4 Å². The fourth-order valence-electron chi connectivity index (χ4n) is 5.35. The van der Waals surface area contributed by atoms with Gasteiger partial charge >= 0.3 is 0 Å². The molecule has 0 radical (unpaired) electrons. The SMILES string of the molecule is COc1ccc(S(=O)(=O)N2CCC3(CC2)N[C@H](CC(C)C)C(=O)N3Cc2ccc3c(c2)OCO3)cc1. The average Bonchev–Trinajstić information content (AvgIpc) is 3.43. The van der Waals surface area contributed by atoms with Crippen LogP contribution in [0.3, 0.4) is 0 Å². The second kappa shape index (κ2) is 9.57. The quantitative estimate of drug-likeness (QED) is 0.606. The topological polar surface area (TPSA) is 97.4 Å². The van der Waals surface area contributed by atoms with E-state index in [1.165, 1.54) is 4.31 Å². The van der Waals surface area contributed by atoms with Crippen LogP contribution in [0, 0.1) is 5.92 Å². The second-order valence-electron chi connectivity index (χ2n) is 10.0. The maximum Gasteiger partial charge on any atom is 0.243 e. The smallest absolute Gasteiger partial charge is 0.243 e. The van der Waals surface area contributed by atoms with E-state index < -0.39 is 15.7 Å². The minimum absolute atomic E-state index is 0.0628. The van der Waals surface area contributed by atoms with Crippen LogP contribution >= 0.6 is 0 Å². The summed E-state index contributed by atoms with van der Waals surface area (Å²) < 4.78 is 44.2. The minimum atomic E-state index is -3.65. The number of nitrogens with zero attached hydrogens (tertiary/aromatic N) is 2. The summed E-state index contributed by atoms with van der Waals surface area (Å²) in [5.74, 6) is 2.40. The van der Waals surface area contributed by atoms with Gasteiger partial charge in [-0.05, 0) is 67.1 Å². The average molecular weight is 516 g/mol. The van der Waals surface area contributed by atoms with Crippen molar-refractivity contribution in [2.24, 2.45) is 5.92 Å². The second-order valence-corrected chi connectivity index (χ2v) is 12.0. The predicted molar refractivity (Wildman–Crippen MR) is 133 cm³/mol. The van der Waals surface area contributed by atoms with E-state index in [4.69, 9.17) is 14.2 Å². The maximum absolute atomic E-state index is 13.6. The lowest BCUT2D eigenvalue weighted by atomic mass is 9.96. The number of amides is 1. The first kappa shape index (κ1) is 24.9. The zero-order valence-corrected chi connectivity index (χ0v) is 21.7. The summed E-state index contributed by atoms with van der Waals surface area (Å²) in [4.78, 5) is 15.7. The van der Waals surface area contributed by atoms with Crippen molar-refractivity contribution < 1.29 is 27.4 Å². The minimum Gasteiger partial charge on any atom is -0.497 e. The Balaban J connectivity index is 1.37. The number of fused-ring (bicyclic) bond motifs is 1. The van der Waals surface area contributed by atoms with Crippen LogP contribution in [0.2, 0.25) is 0 Å². The van der Waals surface area contributed by atoms with E-state index in [9.17, 15) is 13.2 Å². The molecule has 0 saturated carbocycles. The summed E-state index contributed by atoms with van der Waals surface area (Å²) in [5, 5.41) is 3.62. The summed E-state index contributed by atoms with van der Waals surface area (Å²) in [6, 6.07) is 11.9. The third kappa shape index (κ3) is 4.53. The lowest BCUT2D eigenvalue weighted by molar-refractivity contribution is -0.134. The van der Waals surface area contributed by atoms with Crippen molar-refractivity contribution in [1.82, 2.24) is 14.5 Å². The third-order valence-electron chi connectivity index (χ3n) is 7.26. The Hall–Kier alpha value is -2.82. The molecule has 1 N–H and O–H groups in total. The highest BCUT2D eigenvalue weighted by molar-refractivity contribution is 7.89. The van der Waals surface area contributed by atoms with Crippen molar-refractivity contribution >= 4 is 15.9 Å². The summed E-state index contributed by atoms with van der Waals surface area (Å²) in [6.07, 6.45) is 1.74. The molecule has 5 rings (SSSR count). The summed E-state index contributed by atoms with van der Waals surface area (Å²) in [5.41, 5.74) is 0.353. The molecule has 2 saturated heterocycles. The first-order valence-corrected chi connectivity index (χ1v) is 13.8. The van der Waals surface area contributed by atoms with Gasteiger partial charge in [-0.15, -0.1) is 0 Å². The van der Waals surface area contributed by atoms with E-state index in [0.29, 0.717) is 55.6 Å². The third-order valence-corrected chi connectivity index (χ3v) is 9.17. The molecule has 194 valence electrons. The molecule has 2 aromatic rings. The Morgan fingerprint density at radius 2 is 1.78 bits per heavy atom. The van der Waals surface area contributed by atoms with E-state index >= 15 is 0 Å². The van der Waals surface area contributed by atoms with Crippen molar-refractivity contribution in [2.45, 2.75) is 56.3 Å². The van der Waals surface area contributed by atoms with Crippen LogP contribution in [0.4, 0.5) is 0 Å². The van der Waals surface area contributed by atoms with Crippen LogP contribution in [-0.4, -0.2) is 62.2 Å². The van der Waals surface area contributed by atoms with Gasteiger partial charge in [-0.3, -0.25) is 10.1 Å². The first-order valence-electron chi connectivity index (χ1n) is 12.3. The molecule has 3 aliphatic rings. The Kier molecular flexibility index (Phi) is 6.61. The van der Waals surface area contributed by atoms with Gasteiger partial charge in [0.05, 0.1) is 23.7 Å². The number of hydrogen-bond donors (Lipinski definition) is 1.